The van der Waals surface area contributed by atoms with Crippen LogP contribution in [-0.2, 0) is 6.61 Å². The zero-order valence-electron chi connectivity index (χ0n) is 11.5. The molecule has 2 rings (SSSR count). The molecular formula is C17H14F2O2. The van der Waals surface area contributed by atoms with E-state index < -0.39 is 11.6 Å². The second-order valence-corrected chi connectivity index (χ2v) is 4.47. The van der Waals surface area contributed by atoms with Crippen molar-refractivity contribution in [2.45, 2.75) is 13.5 Å². The first-order valence-electron chi connectivity index (χ1n) is 6.37. The Balaban J connectivity index is 2.06. The number of aryl methyl sites for hydroxylation is 1. The molecule has 2 aromatic rings. The van der Waals surface area contributed by atoms with Crippen LogP contribution in [0.2, 0.25) is 0 Å². The topological polar surface area (TPSA) is 29.5 Å². The van der Waals surface area contributed by atoms with Gasteiger partial charge in [-0.05, 0) is 48.4 Å². The van der Waals surface area contributed by atoms with Crippen molar-refractivity contribution < 1.29 is 18.6 Å². The van der Waals surface area contributed by atoms with Crippen LogP contribution in [0.5, 0.6) is 5.75 Å². The van der Waals surface area contributed by atoms with Crippen LogP contribution in [0, 0.1) is 30.4 Å². The highest BCUT2D eigenvalue weighted by molar-refractivity contribution is 5.44. The van der Waals surface area contributed by atoms with Gasteiger partial charge in [-0.1, -0.05) is 17.9 Å². The van der Waals surface area contributed by atoms with Crippen LogP contribution in [0.15, 0.2) is 36.4 Å². The molecule has 0 unspecified atom stereocenters. The molecule has 0 amide bonds. The van der Waals surface area contributed by atoms with Crippen LogP contribution >= 0.6 is 0 Å². The quantitative estimate of drug-likeness (QED) is 0.879. The van der Waals surface area contributed by atoms with E-state index in [4.69, 9.17) is 9.84 Å². The molecule has 2 aromatic carbocycles. The molecule has 0 heterocycles. The SMILES string of the molecule is Cc1cc(OCc2ccc(F)c(F)c2)ccc1C#CCO. The van der Waals surface area contributed by atoms with E-state index in [2.05, 4.69) is 11.8 Å². The van der Waals surface area contributed by atoms with Gasteiger partial charge in [0.05, 0.1) is 0 Å². The van der Waals surface area contributed by atoms with Gasteiger partial charge in [-0.2, -0.15) is 0 Å². The lowest BCUT2D eigenvalue weighted by atomic mass is 10.1. The first-order valence-corrected chi connectivity index (χ1v) is 6.37. The maximum absolute atomic E-state index is 13.1. The molecule has 0 aliphatic rings. The Morgan fingerprint density at radius 2 is 1.90 bits per heavy atom. The summed E-state index contributed by atoms with van der Waals surface area (Å²) < 4.78 is 31.4. The molecule has 0 aliphatic carbocycles. The minimum absolute atomic E-state index is 0.151. The molecule has 0 aromatic heterocycles. The maximum atomic E-state index is 13.1. The van der Waals surface area contributed by atoms with E-state index in [0.29, 0.717) is 11.3 Å². The second-order valence-electron chi connectivity index (χ2n) is 4.47. The zero-order valence-corrected chi connectivity index (χ0v) is 11.5. The maximum Gasteiger partial charge on any atom is 0.159 e. The molecule has 0 aliphatic heterocycles. The van der Waals surface area contributed by atoms with Crippen LogP contribution < -0.4 is 4.74 Å². The van der Waals surface area contributed by atoms with Gasteiger partial charge in [0, 0.05) is 5.56 Å². The molecule has 0 radical (unpaired) electrons. The van der Waals surface area contributed by atoms with Gasteiger partial charge in [0.2, 0.25) is 0 Å². The van der Waals surface area contributed by atoms with Gasteiger partial charge in [0.25, 0.3) is 0 Å². The molecule has 108 valence electrons. The largest absolute Gasteiger partial charge is 0.489 e. The summed E-state index contributed by atoms with van der Waals surface area (Å²) in [5.41, 5.74) is 2.28. The number of aliphatic hydroxyl groups excluding tert-OH is 1. The van der Waals surface area contributed by atoms with Crippen LogP contribution in [0.1, 0.15) is 16.7 Å². The van der Waals surface area contributed by atoms with Gasteiger partial charge in [-0.15, -0.1) is 0 Å². The Bertz CT molecular complexity index is 700. The van der Waals surface area contributed by atoms with E-state index in [1.54, 1.807) is 18.2 Å². The highest BCUT2D eigenvalue weighted by Gasteiger charge is 2.04. The van der Waals surface area contributed by atoms with Gasteiger partial charge < -0.3 is 9.84 Å². The first kappa shape index (κ1) is 15.0. The summed E-state index contributed by atoms with van der Waals surface area (Å²) in [6.07, 6.45) is 0. The monoisotopic (exact) mass is 288 g/mol. The molecule has 0 saturated carbocycles. The fraction of sp³-hybridized carbons (Fsp3) is 0.176. The predicted molar refractivity (Wildman–Crippen MR) is 75.8 cm³/mol. The second kappa shape index (κ2) is 6.87. The van der Waals surface area contributed by atoms with E-state index in [0.717, 1.165) is 23.3 Å². The molecule has 0 fully saturated rings. The van der Waals surface area contributed by atoms with Crippen LogP contribution in [-0.4, -0.2) is 11.7 Å². The molecule has 0 saturated heterocycles. The molecule has 2 nitrogen and oxygen atoms in total. The number of benzene rings is 2. The minimum Gasteiger partial charge on any atom is -0.489 e. The summed E-state index contributed by atoms with van der Waals surface area (Å²) in [7, 11) is 0. The highest BCUT2D eigenvalue weighted by Crippen LogP contribution is 2.18. The smallest absolute Gasteiger partial charge is 0.159 e. The average molecular weight is 288 g/mol. The van der Waals surface area contributed by atoms with Gasteiger partial charge >= 0.3 is 0 Å². The normalized spacial score (nSPS) is 9.90. The average Bonchev–Trinajstić information content (AvgIpc) is 2.47. The number of aliphatic hydroxyl groups is 1. The summed E-state index contributed by atoms with van der Waals surface area (Å²) in [6.45, 7) is 1.85. The van der Waals surface area contributed by atoms with Gasteiger partial charge in [-0.3, -0.25) is 0 Å². The fourth-order valence-electron chi connectivity index (χ4n) is 1.80. The van der Waals surface area contributed by atoms with Crippen LogP contribution in [0.25, 0.3) is 0 Å². The number of ether oxygens (including phenoxy) is 1. The summed E-state index contributed by atoms with van der Waals surface area (Å²) in [4.78, 5) is 0. The van der Waals surface area contributed by atoms with Crippen molar-refractivity contribution in [3.8, 4) is 17.6 Å². The number of hydrogen-bond acceptors (Lipinski definition) is 2. The van der Waals surface area contributed by atoms with Crippen molar-refractivity contribution >= 4 is 0 Å². The summed E-state index contributed by atoms with van der Waals surface area (Å²) >= 11 is 0. The molecular weight excluding hydrogens is 274 g/mol. The van der Waals surface area contributed by atoms with E-state index in [1.807, 2.05) is 6.92 Å². The lowest BCUT2D eigenvalue weighted by Gasteiger charge is -2.08. The third-order valence-electron chi connectivity index (χ3n) is 2.89. The summed E-state index contributed by atoms with van der Waals surface area (Å²) in [6, 6.07) is 9.01. The van der Waals surface area contributed by atoms with E-state index in [9.17, 15) is 8.78 Å². The summed E-state index contributed by atoms with van der Waals surface area (Å²) in [5, 5.41) is 8.67. The molecule has 21 heavy (non-hydrogen) atoms. The Morgan fingerprint density at radius 3 is 2.57 bits per heavy atom. The molecule has 1 N–H and O–H groups in total. The van der Waals surface area contributed by atoms with Crippen LogP contribution in [0.3, 0.4) is 0 Å². The van der Waals surface area contributed by atoms with Crippen LogP contribution in [0.4, 0.5) is 8.78 Å². The Labute approximate surface area is 122 Å². The number of hydrogen-bond donors (Lipinski definition) is 1. The van der Waals surface area contributed by atoms with Crippen molar-refractivity contribution in [2.24, 2.45) is 0 Å². The Morgan fingerprint density at radius 1 is 1.10 bits per heavy atom. The third-order valence-corrected chi connectivity index (χ3v) is 2.89. The summed E-state index contributed by atoms with van der Waals surface area (Å²) in [5.74, 6) is 4.27. The van der Waals surface area contributed by atoms with Crippen molar-refractivity contribution in [3.63, 3.8) is 0 Å². The predicted octanol–water partition coefficient (Wildman–Crippen LogP) is 3.20. The lowest BCUT2D eigenvalue weighted by molar-refractivity contribution is 0.305. The van der Waals surface area contributed by atoms with Crippen molar-refractivity contribution in [1.82, 2.24) is 0 Å². The molecule has 0 spiro atoms. The van der Waals surface area contributed by atoms with Crippen molar-refractivity contribution in [2.75, 3.05) is 6.61 Å². The Hall–Kier alpha value is -2.38. The van der Waals surface area contributed by atoms with E-state index in [1.165, 1.54) is 6.07 Å². The standard InChI is InChI=1S/C17H14F2O2/c1-12-9-15(6-5-14(12)3-2-8-20)21-11-13-4-7-16(18)17(19)10-13/h4-7,9-10,20H,8,11H2,1H3. The molecule has 0 atom stereocenters. The number of halogens is 2. The van der Waals surface area contributed by atoms with Gasteiger partial charge in [0.15, 0.2) is 11.6 Å². The lowest BCUT2D eigenvalue weighted by Crippen LogP contribution is -1.98. The Kier molecular flexibility index (Phi) is 4.91. The van der Waals surface area contributed by atoms with Gasteiger partial charge in [-0.25, -0.2) is 8.78 Å². The van der Waals surface area contributed by atoms with E-state index >= 15 is 0 Å². The zero-order chi connectivity index (χ0) is 15.2. The molecule has 4 heteroatoms. The fourth-order valence-corrected chi connectivity index (χ4v) is 1.80. The van der Waals surface area contributed by atoms with Gasteiger partial charge in [0.1, 0.15) is 19.0 Å². The van der Waals surface area contributed by atoms with Crippen molar-refractivity contribution in [1.29, 1.82) is 0 Å². The minimum atomic E-state index is -0.887. The van der Waals surface area contributed by atoms with Crippen molar-refractivity contribution in [3.05, 3.63) is 64.7 Å². The van der Waals surface area contributed by atoms with E-state index in [-0.39, 0.29) is 13.2 Å². The third kappa shape index (κ3) is 4.04. The first-order chi connectivity index (χ1) is 10.1. The number of rotatable bonds is 3. The highest BCUT2D eigenvalue weighted by atomic mass is 19.2. The molecule has 0 bridgehead atoms.